The van der Waals surface area contributed by atoms with Crippen molar-refractivity contribution in [1.29, 1.82) is 0 Å². The first-order valence-electron chi connectivity index (χ1n) is 11.9. The van der Waals surface area contributed by atoms with Crippen LogP contribution in [0.5, 0.6) is 0 Å². The van der Waals surface area contributed by atoms with Crippen LogP contribution in [0.25, 0.3) is 10.9 Å². The number of hydrogen-bond acceptors (Lipinski definition) is 3. The maximum absolute atomic E-state index is 13.4. The van der Waals surface area contributed by atoms with E-state index in [1.165, 1.54) is 44.9 Å². The number of amides is 1. The highest BCUT2D eigenvalue weighted by molar-refractivity contribution is 5.89. The summed E-state index contributed by atoms with van der Waals surface area (Å²) in [5.74, 6) is 2.46. The van der Waals surface area contributed by atoms with Crippen LogP contribution in [0, 0.1) is 11.3 Å². The first-order valence-corrected chi connectivity index (χ1v) is 11.9. The SMILES string of the molecule is O=C(Cc1c[nH]c2ccccc12)N1CC(c2nncn2CC2CC2)C2(CCCCC2)C1. The lowest BCUT2D eigenvalue weighted by atomic mass is 9.67. The smallest absolute Gasteiger partial charge is 0.227 e. The van der Waals surface area contributed by atoms with Crippen molar-refractivity contribution in [1.82, 2.24) is 24.6 Å². The highest BCUT2D eigenvalue weighted by atomic mass is 16.2. The van der Waals surface area contributed by atoms with Crippen LogP contribution in [-0.4, -0.2) is 43.6 Å². The molecule has 1 N–H and O–H groups in total. The molecule has 2 aliphatic carbocycles. The lowest BCUT2D eigenvalue weighted by molar-refractivity contribution is -0.129. The Morgan fingerprint density at radius 2 is 2.00 bits per heavy atom. The zero-order valence-corrected chi connectivity index (χ0v) is 18.1. The zero-order chi connectivity index (χ0) is 20.8. The molecule has 0 bridgehead atoms. The van der Waals surface area contributed by atoms with E-state index in [0.29, 0.717) is 12.3 Å². The Kier molecular flexibility index (Phi) is 4.62. The minimum absolute atomic E-state index is 0.169. The van der Waals surface area contributed by atoms with Crippen LogP contribution in [0.15, 0.2) is 36.8 Å². The third-order valence-electron chi connectivity index (χ3n) is 7.98. The minimum Gasteiger partial charge on any atom is -0.361 e. The second kappa shape index (κ2) is 7.50. The van der Waals surface area contributed by atoms with Gasteiger partial charge in [-0.3, -0.25) is 4.79 Å². The number of hydrogen-bond donors (Lipinski definition) is 1. The minimum atomic E-state index is 0.169. The van der Waals surface area contributed by atoms with Gasteiger partial charge in [-0.2, -0.15) is 0 Å². The third kappa shape index (κ3) is 3.46. The molecule has 1 saturated heterocycles. The number of H-pyrrole nitrogens is 1. The molecule has 3 fully saturated rings. The maximum Gasteiger partial charge on any atom is 0.227 e. The number of rotatable bonds is 5. The Bertz CT molecular complexity index is 1090. The molecule has 1 amide bonds. The van der Waals surface area contributed by atoms with Crippen molar-refractivity contribution in [2.45, 2.75) is 63.8 Å². The Morgan fingerprint density at radius 1 is 1.16 bits per heavy atom. The lowest BCUT2D eigenvalue weighted by Gasteiger charge is -2.37. The number of nitrogens with one attached hydrogen (secondary N) is 1. The molecule has 2 aromatic heterocycles. The first kappa shape index (κ1) is 19.1. The summed E-state index contributed by atoms with van der Waals surface area (Å²) in [6.45, 7) is 2.69. The second-order valence-electron chi connectivity index (χ2n) is 10.1. The molecule has 31 heavy (non-hydrogen) atoms. The van der Waals surface area contributed by atoms with Gasteiger partial charge in [0.25, 0.3) is 0 Å². The summed E-state index contributed by atoms with van der Waals surface area (Å²) in [5.41, 5.74) is 2.36. The molecule has 1 spiro atoms. The van der Waals surface area contributed by atoms with Crippen molar-refractivity contribution >= 4 is 16.8 Å². The number of likely N-dealkylation sites (tertiary alicyclic amines) is 1. The van der Waals surface area contributed by atoms with E-state index in [1.807, 2.05) is 24.7 Å². The van der Waals surface area contributed by atoms with Crippen LogP contribution in [0.1, 0.15) is 62.3 Å². The molecule has 1 unspecified atom stereocenters. The lowest BCUT2D eigenvalue weighted by Crippen LogP contribution is -2.35. The van der Waals surface area contributed by atoms with E-state index in [1.54, 1.807) is 0 Å². The molecule has 3 heterocycles. The Hall–Kier alpha value is -2.63. The molecular formula is C25H31N5O. The maximum atomic E-state index is 13.4. The van der Waals surface area contributed by atoms with E-state index < -0.39 is 0 Å². The van der Waals surface area contributed by atoms with Gasteiger partial charge < -0.3 is 14.5 Å². The fraction of sp³-hybridized carbons (Fsp3) is 0.560. The third-order valence-corrected chi connectivity index (χ3v) is 7.98. The average Bonchev–Trinajstić information content (AvgIpc) is 3.17. The van der Waals surface area contributed by atoms with Crippen LogP contribution < -0.4 is 0 Å². The van der Waals surface area contributed by atoms with Crippen molar-refractivity contribution < 1.29 is 4.79 Å². The van der Waals surface area contributed by atoms with Gasteiger partial charge in [-0.15, -0.1) is 10.2 Å². The summed E-state index contributed by atoms with van der Waals surface area (Å²) >= 11 is 0. The van der Waals surface area contributed by atoms with Gasteiger partial charge in [-0.1, -0.05) is 37.5 Å². The van der Waals surface area contributed by atoms with Crippen LogP contribution in [0.4, 0.5) is 0 Å². The van der Waals surface area contributed by atoms with Crippen molar-refractivity contribution in [2.24, 2.45) is 11.3 Å². The highest BCUT2D eigenvalue weighted by Crippen LogP contribution is 2.52. The largest absolute Gasteiger partial charge is 0.361 e. The average molecular weight is 418 g/mol. The zero-order valence-electron chi connectivity index (χ0n) is 18.1. The number of nitrogens with zero attached hydrogens (tertiary/aromatic N) is 4. The molecule has 1 aliphatic heterocycles. The Morgan fingerprint density at radius 3 is 2.84 bits per heavy atom. The van der Waals surface area contributed by atoms with Crippen LogP contribution in [0.3, 0.4) is 0 Å². The monoisotopic (exact) mass is 417 g/mol. The predicted octanol–water partition coefficient (Wildman–Crippen LogP) is 4.29. The van der Waals surface area contributed by atoms with Gasteiger partial charge in [0.1, 0.15) is 12.2 Å². The second-order valence-corrected chi connectivity index (χ2v) is 10.1. The summed E-state index contributed by atoms with van der Waals surface area (Å²) in [5, 5.41) is 10.1. The number of benzene rings is 1. The quantitative estimate of drug-likeness (QED) is 0.673. The van der Waals surface area contributed by atoms with Gasteiger partial charge in [0.05, 0.1) is 6.42 Å². The fourth-order valence-corrected chi connectivity index (χ4v) is 6.08. The number of aromatic nitrogens is 4. The number of carbonyl (C=O) groups is 1. The van der Waals surface area contributed by atoms with Crippen LogP contribution >= 0.6 is 0 Å². The van der Waals surface area contributed by atoms with E-state index in [4.69, 9.17) is 0 Å². The molecule has 6 heteroatoms. The summed E-state index contributed by atoms with van der Waals surface area (Å²) in [4.78, 5) is 18.9. The summed E-state index contributed by atoms with van der Waals surface area (Å²) in [6.07, 6.45) is 13.3. The highest BCUT2D eigenvalue weighted by Gasteiger charge is 2.50. The molecule has 2 saturated carbocycles. The molecule has 6 nitrogen and oxygen atoms in total. The number of carbonyl (C=O) groups excluding carboxylic acids is 1. The molecule has 3 aliphatic rings. The van der Waals surface area contributed by atoms with E-state index in [-0.39, 0.29) is 11.3 Å². The predicted molar refractivity (Wildman–Crippen MR) is 120 cm³/mol. The molecule has 6 rings (SSSR count). The molecule has 1 atom stereocenters. The van der Waals surface area contributed by atoms with Gasteiger partial charge >= 0.3 is 0 Å². The number of fused-ring (bicyclic) bond motifs is 1. The van der Waals surface area contributed by atoms with E-state index in [9.17, 15) is 4.79 Å². The molecular weight excluding hydrogens is 386 g/mol. The molecule has 1 aromatic carbocycles. The van der Waals surface area contributed by atoms with Crippen LogP contribution in [0.2, 0.25) is 0 Å². The molecule has 0 radical (unpaired) electrons. The number of para-hydroxylation sites is 1. The van der Waals surface area contributed by atoms with Crippen LogP contribution in [-0.2, 0) is 17.8 Å². The molecule has 3 aromatic rings. The summed E-state index contributed by atoms with van der Waals surface area (Å²) in [6, 6.07) is 8.24. The van der Waals surface area contributed by atoms with Crippen molar-refractivity contribution in [2.75, 3.05) is 13.1 Å². The first-order chi connectivity index (χ1) is 15.2. The normalized spacial score (nSPS) is 23.1. The summed E-state index contributed by atoms with van der Waals surface area (Å²) in [7, 11) is 0. The number of aromatic amines is 1. The van der Waals surface area contributed by atoms with Gasteiger partial charge in [0.2, 0.25) is 5.91 Å². The topological polar surface area (TPSA) is 66.8 Å². The fourth-order valence-electron chi connectivity index (χ4n) is 6.08. The standard InChI is InChI=1S/C25H31N5O/c31-23(12-19-13-26-22-7-3-2-6-20(19)22)29-15-21(25(16-29)10-4-1-5-11-25)24-28-27-17-30(24)14-18-8-9-18/h2-3,6-7,13,17-18,21,26H,1,4-5,8-12,14-16H2. The van der Waals surface area contributed by atoms with Gasteiger partial charge in [-0.25, -0.2) is 0 Å². The van der Waals surface area contributed by atoms with Gasteiger partial charge in [0, 0.05) is 42.7 Å². The van der Waals surface area contributed by atoms with Crippen molar-refractivity contribution in [3.63, 3.8) is 0 Å². The van der Waals surface area contributed by atoms with Gasteiger partial charge in [0.15, 0.2) is 0 Å². The molecule has 162 valence electrons. The van der Waals surface area contributed by atoms with E-state index >= 15 is 0 Å². The van der Waals surface area contributed by atoms with Crippen molar-refractivity contribution in [3.05, 3.63) is 48.2 Å². The van der Waals surface area contributed by atoms with Crippen molar-refractivity contribution in [3.8, 4) is 0 Å². The van der Waals surface area contributed by atoms with E-state index in [2.05, 4.69) is 36.8 Å². The Balaban J connectivity index is 1.26. The summed E-state index contributed by atoms with van der Waals surface area (Å²) < 4.78 is 2.30. The van der Waals surface area contributed by atoms with Gasteiger partial charge in [-0.05, 0) is 48.6 Å². The van der Waals surface area contributed by atoms with E-state index in [0.717, 1.165) is 47.8 Å². The Labute approximate surface area is 183 Å².